The fourth-order valence-electron chi connectivity index (χ4n) is 3.43. The quantitative estimate of drug-likeness (QED) is 0.875. The van der Waals surface area contributed by atoms with Crippen LogP contribution in [-0.4, -0.2) is 41.5 Å². The lowest BCUT2D eigenvalue weighted by Crippen LogP contribution is -2.57. The highest BCUT2D eigenvalue weighted by atomic mass is 35.5. The molecule has 1 N–H and O–H groups in total. The number of oxazole rings is 1. The van der Waals surface area contributed by atoms with Crippen LogP contribution in [-0.2, 0) is 0 Å². The monoisotopic (exact) mass is 381 g/mol. The zero-order valence-corrected chi connectivity index (χ0v) is 14.9. The maximum atomic E-state index is 12.4. The van der Waals surface area contributed by atoms with E-state index in [4.69, 9.17) is 32.4 Å². The van der Waals surface area contributed by atoms with Gasteiger partial charge in [-0.3, -0.25) is 4.79 Å². The number of hydrogen-bond donors (Lipinski definition) is 1. The highest BCUT2D eigenvalue weighted by Crippen LogP contribution is 2.30. The molecule has 0 spiro atoms. The molecule has 8 heteroatoms. The normalized spacial score (nSPS) is 25.0. The molecule has 1 aromatic heterocycles. The van der Waals surface area contributed by atoms with Crippen LogP contribution in [0.1, 0.15) is 23.5 Å². The molecule has 2 aromatic rings. The number of carbonyl (C=O) groups excluding carboxylic acids is 1. The first-order valence-corrected chi connectivity index (χ1v) is 8.96. The summed E-state index contributed by atoms with van der Waals surface area (Å²) in [5.41, 5.74) is 0. The number of fused-ring (bicyclic) bond motifs is 3. The van der Waals surface area contributed by atoms with Crippen LogP contribution < -0.4 is 10.1 Å². The fourth-order valence-corrected chi connectivity index (χ4v) is 3.71. The number of ether oxygens (including phenoxy) is 1. The summed E-state index contributed by atoms with van der Waals surface area (Å²) in [7, 11) is 0. The molecule has 0 radical (unpaired) electrons. The van der Waals surface area contributed by atoms with E-state index in [0.29, 0.717) is 21.7 Å². The number of carbonyl (C=O) groups is 1. The molecule has 3 aliphatic heterocycles. The molecule has 0 unspecified atom stereocenters. The number of nitrogens with one attached hydrogen (secondary N) is 1. The van der Waals surface area contributed by atoms with E-state index in [0.717, 1.165) is 32.5 Å². The minimum atomic E-state index is -0.317. The lowest BCUT2D eigenvalue weighted by atomic mass is 9.84. The van der Waals surface area contributed by atoms with Gasteiger partial charge in [-0.1, -0.05) is 23.2 Å². The highest BCUT2D eigenvalue weighted by molar-refractivity contribution is 6.42. The van der Waals surface area contributed by atoms with E-state index in [1.165, 1.54) is 6.20 Å². The molecule has 5 rings (SSSR count). The van der Waals surface area contributed by atoms with Crippen LogP contribution in [0, 0.1) is 5.92 Å². The van der Waals surface area contributed by atoms with Gasteiger partial charge >= 0.3 is 11.9 Å². The first kappa shape index (κ1) is 16.7. The van der Waals surface area contributed by atoms with Crippen molar-refractivity contribution in [1.82, 2.24) is 15.2 Å². The third kappa shape index (κ3) is 3.61. The van der Waals surface area contributed by atoms with Crippen molar-refractivity contribution in [3.63, 3.8) is 0 Å². The summed E-state index contributed by atoms with van der Waals surface area (Å²) in [5.74, 6) is 0.789. The number of halogens is 2. The Balaban J connectivity index is 1.40. The second-order valence-corrected chi connectivity index (χ2v) is 7.19. The molecule has 132 valence electrons. The van der Waals surface area contributed by atoms with Crippen molar-refractivity contribution in [3.8, 4) is 11.7 Å². The molecule has 1 amide bonds. The highest BCUT2D eigenvalue weighted by Gasteiger charge is 2.35. The number of piperidine rings is 3. The minimum absolute atomic E-state index is 0.00786. The molecule has 25 heavy (non-hydrogen) atoms. The van der Waals surface area contributed by atoms with Gasteiger partial charge in [-0.05, 0) is 44.0 Å². The van der Waals surface area contributed by atoms with E-state index in [-0.39, 0.29) is 23.8 Å². The van der Waals surface area contributed by atoms with Crippen LogP contribution >= 0.6 is 23.2 Å². The zero-order valence-electron chi connectivity index (χ0n) is 13.4. The van der Waals surface area contributed by atoms with Gasteiger partial charge in [0.15, 0.2) is 0 Å². The van der Waals surface area contributed by atoms with Crippen molar-refractivity contribution in [1.29, 1.82) is 0 Å². The van der Waals surface area contributed by atoms with Gasteiger partial charge in [0.1, 0.15) is 11.9 Å². The van der Waals surface area contributed by atoms with Crippen LogP contribution in [0.25, 0.3) is 0 Å². The van der Waals surface area contributed by atoms with Gasteiger partial charge in [0.05, 0.1) is 10.0 Å². The number of nitrogens with zero attached hydrogens (tertiary/aromatic N) is 2. The fraction of sp³-hybridized carbons (Fsp3) is 0.412. The molecule has 1 aromatic carbocycles. The number of benzene rings is 1. The molecule has 3 saturated heterocycles. The number of hydrogen-bond acceptors (Lipinski definition) is 5. The van der Waals surface area contributed by atoms with Crippen molar-refractivity contribution in [2.24, 2.45) is 5.92 Å². The smallest absolute Gasteiger partial charge is 0.311 e. The molecule has 0 aliphatic carbocycles. The summed E-state index contributed by atoms with van der Waals surface area (Å²) in [4.78, 5) is 18.8. The Bertz CT molecular complexity index is 787. The Morgan fingerprint density at radius 2 is 2.08 bits per heavy atom. The van der Waals surface area contributed by atoms with Gasteiger partial charge < -0.3 is 19.4 Å². The van der Waals surface area contributed by atoms with E-state index in [9.17, 15) is 4.79 Å². The average molecular weight is 382 g/mol. The maximum absolute atomic E-state index is 12.4. The van der Waals surface area contributed by atoms with Crippen molar-refractivity contribution in [2.75, 3.05) is 19.6 Å². The summed E-state index contributed by atoms with van der Waals surface area (Å²) < 4.78 is 10.9. The zero-order chi connectivity index (χ0) is 17.4. The van der Waals surface area contributed by atoms with Crippen LogP contribution in [0.15, 0.2) is 28.8 Å². The summed E-state index contributed by atoms with van der Waals surface area (Å²) in [5, 5.41) is 3.84. The molecule has 6 nitrogen and oxygen atoms in total. The van der Waals surface area contributed by atoms with Gasteiger partial charge in [-0.25, -0.2) is 4.98 Å². The molecule has 4 heterocycles. The summed E-state index contributed by atoms with van der Waals surface area (Å²) in [6.45, 7) is 3.14. The molecule has 0 saturated carbocycles. The van der Waals surface area contributed by atoms with Crippen LogP contribution in [0.3, 0.4) is 0 Å². The summed E-state index contributed by atoms with van der Waals surface area (Å²) in [6, 6.07) is 5.00. The third-order valence-electron chi connectivity index (χ3n) is 4.76. The van der Waals surface area contributed by atoms with E-state index >= 15 is 0 Å². The van der Waals surface area contributed by atoms with Gasteiger partial charge in [-0.15, -0.1) is 0 Å². The van der Waals surface area contributed by atoms with Crippen molar-refractivity contribution >= 4 is 29.1 Å². The minimum Gasteiger partial charge on any atom is -0.425 e. The first-order chi connectivity index (χ1) is 12.1. The molecule has 3 fully saturated rings. The Hall–Kier alpha value is -1.76. The van der Waals surface area contributed by atoms with E-state index in [1.54, 1.807) is 18.2 Å². The van der Waals surface area contributed by atoms with Crippen molar-refractivity contribution in [3.05, 3.63) is 40.3 Å². The largest absolute Gasteiger partial charge is 0.425 e. The molecule has 2 bridgehead atoms. The number of amides is 1. The molecular weight excluding hydrogens is 365 g/mol. The molecule has 1 atom stereocenters. The molecular formula is C17H17Cl2N3O3. The lowest BCUT2D eigenvalue weighted by Gasteiger charge is -2.44. The first-order valence-electron chi connectivity index (χ1n) is 8.20. The Labute approximate surface area is 155 Å². The van der Waals surface area contributed by atoms with Gasteiger partial charge in [0.2, 0.25) is 0 Å². The van der Waals surface area contributed by atoms with Gasteiger partial charge in [0, 0.05) is 18.7 Å². The second-order valence-electron chi connectivity index (χ2n) is 6.38. The Kier molecular flexibility index (Phi) is 4.58. The summed E-state index contributed by atoms with van der Waals surface area (Å²) in [6.07, 6.45) is 3.62. The van der Waals surface area contributed by atoms with Gasteiger partial charge in [-0.2, -0.15) is 0 Å². The third-order valence-corrected chi connectivity index (χ3v) is 5.50. The van der Waals surface area contributed by atoms with Crippen molar-refractivity contribution in [2.45, 2.75) is 18.9 Å². The van der Waals surface area contributed by atoms with Crippen LogP contribution in [0.4, 0.5) is 0 Å². The standard InChI is InChI=1S/C17H17Cl2N3O3/c18-12-2-1-11(7-13(12)19)24-15-8-20-17(25-15)16(23)21-14-9-22-5-3-10(14)4-6-22/h1-2,7-8,10,14H,3-6,9H2,(H,21,23)/t14-/m0/s1. The Morgan fingerprint density at radius 1 is 1.28 bits per heavy atom. The summed E-state index contributed by atoms with van der Waals surface area (Å²) >= 11 is 11.8. The lowest BCUT2D eigenvalue weighted by molar-refractivity contribution is 0.0599. The predicted octanol–water partition coefficient (Wildman–Crippen LogP) is 3.60. The maximum Gasteiger partial charge on any atom is 0.311 e. The average Bonchev–Trinajstić information content (AvgIpc) is 3.08. The van der Waals surface area contributed by atoms with E-state index < -0.39 is 0 Å². The second kappa shape index (κ2) is 6.86. The molecule has 3 aliphatic rings. The predicted molar refractivity (Wildman–Crippen MR) is 93.5 cm³/mol. The van der Waals surface area contributed by atoms with Crippen LogP contribution in [0.2, 0.25) is 10.0 Å². The van der Waals surface area contributed by atoms with Crippen LogP contribution in [0.5, 0.6) is 11.7 Å². The van der Waals surface area contributed by atoms with E-state index in [2.05, 4.69) is 15.2 Å². The SMILES string of the molecule is O=C(N[C@H]1CN2CCC1CC2)c1ncc(Oc2ccc(Cl)c(Cl)c2)o1. The van der Waals surface area contributed by atoms with Gasteiger partial charge in [0.25, 0.3) is 5.89 Å². The topological polar surface area (TPSA) is 67.6 Å². The number of aromatic nitrogens is 1. The number of rotatable bonds is 4. The van der Waals surface area contributed by atoms with Crippen molar-refractivity contribution < 1.29 is 13.9 Å². The van der Waals surface area contributed by atoms with E-state index in [1.807, 2.05) is 0 Å². The Morgan fingerprint density at radius 3 is 2.76 bits per heavy atom.